The van der Waals surface area contributed by atoms with Crippen molar-refractivity contribution in [3.63, 3.8) is 0 Å². The molecule has 0 radical (unpaired) electrons. The van der Waals surface area contributed by atoms with Gasteiger partial charge in [-0.1, -0.05) is 5.21 Å². The highest BCUT2D eigenvalue weighted by Crippen LogP contribution is 2.35. The lowest BCUT2D eigenvalue weighted by Crippen LogP contribution is -2.01. The summed E-state index contributed by atoms with van der Waals surface area (Å²) in [6.45, 7) is 1.39. The molecule has 2 aromatic heterocycles. The van der Waals surface area contributed by atoms with Crippen molar-refractivity contribution < 1.29 is 4.74 Å². The minimum atomic E-state index is 0.433. The van der Waals surface area contributed by atoms with Crippen molar-refractivity contribution >= 4 is 54.2 Å². The van der Waals surface area contributed by atoms with Gasteiger partial charge in [0.1, 0.15) is 17.9 Å². The van der Waals surface area contributed by atoms with Crippen molar-refractivity contribution in [2.45, 2.75) is 26.0 Å². The van der Waals surface area contributed by atoms with Gasteiger partial charge >= 0.3 is 0 Å². The topological polar surface area (TPSA) is 52.8 Å². The first-order valence-corrected chi connectivity index (χ1v) is 9.41. The number of benzene rings is 1. The zero-order valence-corrected chi connectivity index (χ0v) is 15.5. The summed E-state index contributed by atoms with van der Waals surface area (Å²) in [6.07, 6.45) is 2.60. The molecule has 1 aliphatic carbocycles. The van der Waals surface area contributed by atoms with Crippen LogP contribution in [0, 0.1) is 5.92 Å². The van der Waals surface area contributed by atoms with Crippen LogP contribution >= 0.6 is 43.2 Å². The van der Waals surface area contributed by atoms with Gasteiger partial charge in [-0.2, -0.15) is 0 Å². The predicted octanol–water partition coefficient (Wildman–Crippen LogP) is 4.40. The Labute approximate surface area is 147 Å². The molecule has 2 heterocycles. The van der Waals surface area contributed by atoms with Crippen LogP contribution in [0.25, 0.3) is 11.0 Å². The lowest BCUT2D eigenvalue weighted by atomic mass is 10.3. The van der Waals surface area contributed by atoms with Gasteiger partial charge in [-0.3, -0.25) is 0 Å². The highest BCUT2D eigenvalue weighted by atomic mass is 79.9. The van der Waals surface area contributed by atoms with Gasteiger partial charge in [0.15, 0.2) is 3.92 Å². The normalized spacial score (nSPS) is 14.6. The predicted molar refractivity (Wildman–Crippen MR) is 92.1 cm³/mol. The molecule has 8 heteroatoms. The molecule has 1 aromatic carbocycles. The molecule has 1 aliphatic rings. The number of hydrogen-bond donors (Lipinski definition) is 0. The smallest absolute Gasteiger partial charge is 0.159 e. The average molecular weight is 444 g/mol. The van der Waals surface area contributed by atoms with Crippen LogP contribution in [0.15, 0.2) is 25.9 Å². The van der Waals surface area contributed by atoms with Gasteiger partial charge in [0.05, 0.1) is 15.7 Å². The van der Waals surface area contributed by atoms with Crippen LogP contribution in [-0.2, 0) is 13.2 Å². The van der Waals surface area contributed by atoms with Crippen LogP contribution in [-0.4, -0.2) is 20.0 Å². The quantitative estimate of drug-likeness (QED) is 0.586. The van der Waals surface area contributed by atoms with Crippen LogP contribution in [0.5, 0.6) is 5.75 Å². The zero-order valence-electron chi connectivity index (χ0n) is 11.5. The largest absolute Gasteiger partial charge is 0.486 e. The van der Waals surface area contributed by atoms with E-state index in [1.807, 2.05) is 22.2 Å². The number of fused-ring (bicyclic) bond motifs is 1. The highest BCUT2D eigenvalue weighted by molar-refractivity contribution is 9.11. The van der Waals surface area contributed by atoms with Crippen molar-refractivity contribution in [3.05, 3.63) is 31.6 Å². The maximum atomic E-state index is 5.85. The first-order valence-electron chi connectivity index (χ1n) is 6.95. The van der Waals surface area contributed by atoms with Crippen molar-refractivity contribution in [1.82, 2.24) is 20.0 Å². The third-order valence-corrected chi connectivity index (χ3v) is 5.80. The molecule has 0 spiro atoms. The van der Waals surface area contributed by atoms with Crippen molar-refractivity contribution in [3.8, 4) is 5.75 Å². The fraction of sp³-hybridized carbons (Fsp3) is 0.357. The maximum Gasteiger partial charge on any atom is 0.159 e. The molecule has 0 saturated heterocycles. The van der Waals surface area contributed by atoms with Gasteiger partial charge in [-0.15, -0.1) is 16.4 Å². The van der Waals surface area contributed by atoms with E-state index >= 15 is 0 Å². The zero-order chi connectivity index (χ0) is 15.1. The minimum absolute atomic E-state index is 0.433. The van der Waals surface area contributed by atoms with Gasteiger partial charge in [0, 0.05) is 11.9 Å². The molecule has 1 fully saturated rings. The number of hydrogen-bond acceptors (Lipinski definition) is 5. The van der Waals surface area contributed by atoms with E-state index in [1.165, 1.54) is 12.8 Å². The molecule has 0 N–H and O–H groups in total. The van der Waals surface area contributed by atoms with E-state index in [4.69, 9.17) is 4.74 Å². The van der Waals surface area contributed by atoms with Crippen LogP contribution in [0.4, 0.5) is 0 Å². The van der Waals surface area contributed by atoms with Crippen molar-refractivity contribution in [2.75, 3.05) is 0 Å². The van der Waals surface area contributed by atoms with Gasteiger partial charge < -0.3 is 4.74 Å². The summed E-state index contributed by atoms with van der Waals surface area (Å²) in [7, 11) is 0. The molecule has 22 heavy (non-hydrogen) atoms. The third-order valence-electron chi connectivity index (χ3n) is 3.62. The summed E-state index contributed by atoms with van der Waals surface area (Å²) in [5.74, 6) is 1.53. The number of rotatable bonds is 5. The third kappa shape index (κ3) is 2.91. The standard InChI is InChI=1S/C14H12Br2N4OS/c15-12-11(21-6-9-7-22-14(16)17-9)4-3-10-13(12)18-19-20(10)5-8-1-2-8/h3-4,7-8H,1-2,5-6H2. The van der Waals surface area contributed by atoms with E-state index in [9.17, 15) is 0 Å². The number of ether oxygens (including phenoxy) is 1. The Morgan fingerprint density at radius 1 is 1.32 bits per heavy atom. The summed E-state index contributed by atoms with van der Waals surface area (Å²) in [6, 6.07) is 3.98. The molecule has 0 amide bonds. The molecule has 0 atom stereocenters. The molecular weight excluding hydrogens is 432 g/mol. The van der Waals surface area contributed by atoms with E-state index in [0.29, 0.717) is 6.61 Å². The van der Waals surface area contributed by atoms with Crippen LogP contribution in [0.3, 0.4) is 0 Å². The second-order valence-corrected chi connectivity index (χ2v) is 8.27. The SMILES string of the molecule is Brc1nc(COc2ccc3c(nnn3CC3CC3)c2Br)cs1. The lowest BCUT2D eigenvalue weighted by Gasteiger charge is -2.07. The van der Waals surface area contributed by atoms with Gasteiger partial charge in [0.25, 0.3) is 0 Å². The molecule has 1 saturated carbocycles. The Bertz CT molecular complexity index is 827. The molecule has 0 bridgehead atoms. The van der Waals surface area contributed by atoms with E-state index in [1.54, 1.807) is 11.3 Å². The number of nitrogens with zero attached hydrogens (tertiary/aromatic N) is 4. The molecule has 4 rings (SSSR count). The summed E-state index contributed by atoms with van der Waals surface area (Å²) in [5, 5.41) is 10.5. The van der Waals surface area contributed by atoms with Gasteiger partial charge in [0.2, 0.25) is 0 Å². The second-order valence-electron chi connectivity index (χ2n) is 5.34. The summed E-state index contributed by atoms with van der Waals surface area (Å²) in [4.78, 5) is 4.32. The highest BCUT2D eigenvalue weighted by Gasteiger charge is 2.23. The Balaban J connectivity index is 1.57. The maximum absolute atomic E-state index is 5.85. The molecule has 5 nitrogen and oxygen atoms in total. The second kappa shape index (κ2) is 5.90. The minimum Gasteiger partial charge on any atom is -0.486 e. The number of aromatic nitrogens is 4. The van der Waals surface area contributed by atoms with Crippen molar-refractivity contribution in [1.29, 1.82) is 0 Å². The Morgan fingerprint density at radius 2 is 2.18 bits per heavy atom. The molecule has 0 aliphatic heterocycles. The van der Waals surface area contributed by atoms with Crippen LogP contribution in [0.2, 0.25) is 0 Å². The first kappa shape index (κ1) is 14.6. The molecule has 114 valence electrons. The van der Waals surface area contributed by atoms with E-state index in [0.717, 1.165) is 43.3 Å². The molecular formula is C14H12Br2N4OS. The summed E-state index contributed by atoms with van der Waals surface area (Å²) in [5.41, 5.74) is 2.79. The lowest BCUT2D eigenvalue weighted by molar-refractivity contribution is 0.300. The fourth-order valence-corrected chi connectivity index (χ4v) is 3.84. The van der Waals surface area contributed by atoms with Crippen molar-refractivity contribution in [2.24, 2.45) is 5.92 Å². The summed E-state index contributed by atoms with van der Waals surface area (Å²) < 4.78 is 9.54. The average Bonchev–Trinajstić information content (AvgIpc) is 3.08. The van der Waals surface area contributed by atoms with Crippen LogP contribution < -0.4 is 4.74 Å². The monoisotopic (exact) mass is 442 g/mol. The Kier molecular flexibility index (Phi) is 3.91. The number of halogens is 2. The number of thiazole rings is 1. The molecule has 3 aromatic rings. The first-order chi connectivity index (χ1) is 10.7. The fourth-order valence-electron chi connectivity index (χ4n) is 2.28. The van der Waals surface area contributed by atoms with E-state index in [2.05, 4.69) is 47.2 Å². The Morgan fingerprint density at radius 3 is 2.91 bits per heavy atom. The van der Waals surface area contributed by atoms with E-state index < -0.39 is 0 Å². The van der Waals surface area contributed by atoms with Gasteiger partial charge in [-0.05, 0) is 62.8 Å². The Hall–Kier alpha value is -0.990. The van der Waals surface area contributed by atoms with E-state index in [-0.39, 0.29) is 0 Å². The van der Waals surface area contributed by atoms with Gasteiger partial charge in [-0.25, -0.2) is 9.67 Å². The summed E-state index contributed by atoms with van der Waals surface area (Å²) >= 11 is 8.49. The molecule has 0 unspecified atom stereocenters. The van der Waals surface area contributed by atoms with Crippen LogP contribution in [0.1, 0.15) is 18.5 Å².